The van der Waals surface area contributed by atoms with Gasteiger partial charge in [-0.25, -0.2) is 22.4 Å². The van der Waals surface area contributed by atoms with Crippen molar-refractivity contribution in [3.63, 3.8) is 0 Å². The van der Waals surface area contributed by atoms with Crippen LogP contribution in [-0.4, -0.2) is 120 Å². The maximum absolute atomic E-state index is 16.7. The Bertz CT molecular complexity index is 3080. The molecule has 2 unspecified atom stereocenters. The fourth-order valence-electron chi connectivity index (χ4n) is 12.6. The van der Waals surface area contributed by atoms with Crippen molar-refractivity contribution >= 4 is 52.1 Å². The van der Waals surface area contributed by atoms with Crippen molar-refractivity contribution in [3.8, 4) is 22.6 Å². The molecule has 0 spiro atoms. The number of aliphatic hydroxyl groups is 1. The van der Waals surface area contributed by atoms with Crippen molar-refractivity contribution < 1.29 is 51.3 Å². The number of anilines is 1. The fourth-order valence-corrected chi connectivity index (χ4v) is 12.9. The van der Waals surface area contributed by atoms with Gasteiger partial charge in [-0.15, -0.1) is 0 Å². The van der Waals surface area contributed by atoms with Crippen LogP contribution in [0.25, 0.3) is 22.0 Å². The molecule has 4 aliphatic heterocycles. The molecule has 1 saturated carbocycles. The number of aryl methyl sites for hydroxylation is 1. The maximum Gasteiger partial charge on any atom is 0.329 e. The van der Waals surface area contributed by atoms with E-state index in [4.69, 9.17) is 21.1 Å². The van der Waals surface area contributed by atoms with E-state index in [1.165, 1.54) is 40.9 Å². The summed E-state index contributed by atoms with van der Waals surface area (Å²) < 4.78 is 78.6. The van der Waals surface area contributed by atoms with Gasteiger partial charge in [0.15, 0.2) is 28.8 Å². The number of aromatic nitrogens is 2. The van der Waals surface area contributed by atoms with Gasteiger partial charge < -0.3 is 35.0 Å². The van der Waals surface area contributed by atoms with Gasteiger partial charge in [0.25, 0.3) is 5.91 Å². The van der Waals surface area contributed by atoms with Crippen LogP contribution in [0.3, 0.4) is 0 Å². The van der Waals surface area contributed by atoms with Crippen molar-refractivity contribution in [2.24, 2.45) is 12.5 Å². The van der Waals surface area contributed by atoms with Crippen LogP contribution in [0.15, 0.2) is 54.6 Å². The molecule has 15 nitrogen and oxygen atoms in total. The minimum absolute atomic E-state index is 0.00777. The minimum Gasteiger partial charge on any atom is -0.488 e. The van der Waals surface area contributed by atoms with Gasteiger partial charge in [0.1, 0.15) is 29.5 Å². The standard InChI is InChI=1S/C56H63ClF4N8O7/c1-31-43-41(29-39(59)47(57)46(43)45-36(52(72)62-3)10-11-40(48(45)60)75-27-26-70)76-56(31,33-8-6-5-7-9-33)30-63-34-12-19-55(2,20-13-34)53(73)68-23-16-35(17-24-68)67-21-14-32(15-22-67)44-38(58)28-37-50(49(44)61)66(4)65-51(37)69-25-18-42(71)64-54(69)74/h5-11,28-29,31-32,34-35,63,70H,12-27,30H2,1-4H3,(H,62,72)(H,64,71,74). The lowest BCUT2D eigenvalue weighted by molar-refractivity contribution is -0.145. The number of piperidine rings is 2. The number of urea groups is 1. The SMILES string of the molecule is CNC(=O)c1ccc(OCCO)c(F)c1-c1c(Cl)c(F)cc2c1C(C)C(CNC1CCC(C)(C(=O)N3CCC(N4CCC(c5c(F)cc6c(N7CCC(=O)NC7=O)nn(C)c6c5F)CC4)CC3)CC1)(c1ccccc1)O2. The molecule has 2 atom stereocenters. The quantitative estimate of drug-likeness (QED) is 0.0840. The number of fused-ring (bicyclic) bond motifs is 2. The molecule has 4 N–H and O–H groups in total. The first-order valence-electron chi connectivity index (χ1n) is 26.3. The molecular formula is C56H63ClF4N8O7. The second-order valence-corrected chi connectivity index (χ2v) is 21.6. The number of hydrogen-bond donors (Lipinski definition) is 4. The minimum atomic E-state index is -1.13. The molecule has 1 aromatic heterocycles. The molecule has 4 fully saturated rings. The number of carbonyl (C=O) groups excluding carboxylic acids is 4. The zero-order valence-electron chi connectivity index (χ0n) is 43.0. The summed E-state index contributed by atoms with van der Waals surface area (Å²) >= 11 is 6.79. The number of rotatable bonds is 13. The van der Waals surface area contributed by atoms with Crippen LogP contribution in [-0.2, 0) is 22.2 Å². The number of nitrogens with zero attached hydrogens (tertiary/aromatic N) is 5. The summed E-state index contributed by atoms with van der Waals surface area (Å²) in [4.78, 5) is 57.6. The highest BCUT2D eigenvalue weighted by molar-refractivity contribution is 6.34. The summed E-state index contributed by atoms with van der Waals surface area (Å²) in [5.41, 5.74) is -0.725. The first kappa shape index (κ1) is 53.1. The molecule has 0 bridgehead atoms. The number of nitrogens with one attached hydrogen (secondary N) is 3. The summed E-state index contributed by atoms with van der Waals surface area (Å²) in [6.45, 7) is 6.24. The Morgan fingerprint density at radius 3 is 2.29 bits per heavy atom. The number of amides is 5. The highest BCUT2D eigenvalue weighted by Crippen LogP contribution is 2.57. The monoisotopic (exact) mass is 1070 g/mol. The zero-order chi connectivity index (χ0) is 53.8. The fraction of sp³-hybridized carbons (Fsp3) is 0.482. The predicted octanol–water partition coefficient (Wildman–Crippen LogP) is 8.43. The molecule has 5 heterocycles. The van der Waals surface area contributed by atoms with E-state index in [0.717, 1.165) is 18.4 Å². The molecule has 5 aromatic rings. The number of aliphatic hydroxyl groups excluding tert-OH is 1. The lowest BCUT2D eigenvalue weighted by Gasteiger charge is -2.45. The summed E-state index contributed by atoms with van der Waals surface area (Å²) in [5.74, 6) is -4.97. The van der Waals surface area contributed by atoms with E-state index in [1.54, 1.807) is 7.05 Å². The number of benzene rings is 4. The van der Waals surface area contributed by atoms with Crippen molar-refractivity contribution in [2.45, 2.75) is 101 Å². The summed E-state index contributed by atoms with van der Waals surface area (Å²) in [6.07, 6.45) is 5.48. The molecule has 404 valence electrons. The molecule has 3 saturated heterocycles. The van der Waals surface area contributed by atoms with E-state index >= 15 is 17.6 Å². The van der Waals surface area contributed by atoms with E-state index in [-0.39, 0.29) is 112 Å². The molecule has 0 radical (unpaired) electrons. The number of imide groups is 1. The Morgan fingerprint density at radius 1 is 0.908 bits per heavy atom. The third kappa shape index (κ3) is 9.44. The summed E-state index contributed by atoms with van der Waals surface area (Å²) in [7, 11) is 2.96. The van der Waals surface area contributed by atoms with Gasteiger partial charge in [-0.3, -0.25) is 29.3 Å². The third-order valence-electron chi connectivity index (χ3n) is 16.9. The second kappa shape index (κ2) is 21.3. The Balaban J connectivity index is 0.774. The van der Waals surface area contributed by atoms with Crippen LogP contribution in [0, 0.1) is 28.7 Å². The molecule has 4 aromatic carbocycles. The Kier molecular flexibility index (Phi) is 14.9. The third-order valence-corrected chi connectivity index (χ3v) is 17.3. The summed E-state index contributed by atoms with van der Waals surface area (Å²) in [5, 5.41) is 22.1. The largest absolute Gasteiger partial charge is 0.488 e. The lowest BCUT2D eigenvalue weighted by atomic mass is 9.72. The van der Waals surface area contributed by atoms with Crippen molar-refractivity contribution in [1.82, 2.24) is 35.5 Å². The highest BCUT2D eigenvalue weighted by Gasteiger charge is 2.51. The molecule has 10 rings (SSSR count). The van der Waals surface area contributed by atoms with Crippen LogP contribution in [0.4, 0.5) is 28.2 Å². The molecule has 76 heavy (non-hydrogen) atoms. The van der Waals surface area contributed by atoms with Crippen LogP contribution in [0.1, 0.15) is 111 Å². The average molecular weight is 1070 g/mol. The number of halogens is 5. The molecule has 5 aliphatic rings. The molecule has 5 amide bonds. The number of hydrogen-bond acceptors (Lipinski definition) is 10. The van der Waals surface area contributed by atoms with Gasteiger partial charge in [-0.2, -0.15) is 5.10 Å². The first-order chi connectivity index (χ1) is 36.5. The van der Waals surface area contributed by atoms with Gasteiger partial charge >= 0.3 is 6.03 Å². The van der Waals surface area contributed by atoms with E-state index in [0.29, 0.717) is 70.3 Å². The number of ether oxygens (including phenoxy) is 2. The van der Waals surface area contributed by atoms with E-state index < -0.39 is 58.0 Å². The van der Waals surface area contributed by atoms with Crippen LogP contribution in [0.5, 0.6) is 11.5 Å². The Morgan fingerprint density at radius 2 is 1.62 bits per heavy atom. The lowest BCUT2D eigenvalue weighted by Crippen LogP contribution is -2.53. The number of carbonyl (C=O) groups is 4. The second-order valence-electron chi connectivity index (χ2n) is 21.2. The van der Waals surface area contributed by atoms with Gasteiger partial charge in [-0.1, -0.05) is 55.8 Å². The number of likely N-dealkylation sites (tertiary alicyclic amines) is 2. The van der Waals surface area contributed by atoms with Gasteiger partial charge in [0, 0.05) is 98.4 Å². The van der Waals surface area contributed by atoms with Gasteiger partial charge in [0.05, 0.1) is 22.6 Å². The Hall–Kier alpha value is -6.28. The Labute approximate surface area is 443 Å². The van der Waals surface area contributed by atoms with E-state index in [9.17, 15) is 24.3 Å². The molecular weight excluding hydrogens is 1010 g/mol. The normalized spacial score (nSPS) is 23.7. The van der Waals surface area contributed by atoms with E-state index in [2.05, 4.69) is 32.9 Å². The molecule has 20 heteroatoms. The molecule has 1 aliphatic carbocycles. The van der Waals surface area contributed by atoms with Crippen molar-refractivity contribution in [2.75, 3.05) is 64.4 Å². The van der Waals surface area contributed by atoms with Gasteiger partial charge in [-0.05, 0) is 94.1 Å². The maximum atomic E-state index is 16.7. The van der Waals surface area contributed by atoms with E-state index in [1.807, 2.05) is 42.2 Å². The van der Waals surface area contributed by atoms with Gasteiger partial charge in [0.2, 0.25) is 11.8 Å². The van der Waals surface area contributed by atoms with Crippen LogP contribution >= 0.6 is 11.6 Å². The smallest absolute Gasteiger partial charge is 0.329 e. The average Bonchev–Trinajstić information content (AvgIpc) is 3.90. The predicted molar refractivity (Wildman–Crippen MR) is 278 cm³/mol. The van der Waals surface area contributed by atoms with Crippen LogP contribution in [0.2, 0.25) is 5.02 Å². The summed E-state index contributed by atoms with van der Waals surface area (Å²) in [6, 6.07) is 14.2. The topological polar surface area (TPSA) is 171 Å². The van der Waals surface area contributed by atoms with Crippen molar-refractivity contribution in [3.05, 3.63) is 105 Å². The highest BCUT2D eigenvalue weighted by atomic mass is 35.5. The zero-order valence-corrected chi connectivity index (χ0v) is 43.8. The van der Waals surface area contributed by atoms with Crippen LogP contribution < -0.4 is 30.3 Å². The van der Waals surface area contributed by atoms with Crippen molar-refractivity contribution in [1.29, 1.82) is 0 Å². The first-order valence-corrected chi connectivity index (χ1v) is 26.6.